The number of carboxylic acids is 1. The summed E-state index contributed by atoms with van der Waals surface area (Å²) in [7, 11) is 0. The molecule has 0 radical (unpaired) electrons. The Balaban J connectivity index is 2.76. The summed E-state index contributed by atoms with van der Waals surface area (Å²) in [5.41, 5.74) is 0.786. The van der Waals surface area contributed by atoms with E-state index in [-0.39, 0.29) is 5.76 Å². The molecule has 0 unspecified atom stereocenters. The number of hydrogen-bond donors (Lipinski definition) is 2. The molecule has 0 aromatic carbocycles. The highest BCUT2D eigenvalue weighted by Crippen LogP contribution is 2.33. The van der Waals surface area contributed by atoms with E-state index in [2.05, 4.69) is 6.92 Å². The van der Waals surface area contributed by atoms with Gasteiger partial charge in [-0.05, 0) is 37.2 Å². The fourth-order valence-corrected chi connectivity index (χ4v) is 2.47. The summed E-state index contributed by atoms with van der Waals surface area (Å²) in [6.07, 6.45) is 8.37. The largest absolute Gasteiger partial charge is 0.502 e. The van der Waals surface area contributed by atoms with Crippen LogP contribution >= 0.6 is 0 Å². The second-order valence-corrected chi connectivity index (χ2v) is 4.62. The van der Waals surface area contributed by atoms with Crippen molar-refractivity contribution in [1.82, 2.24) is 0 Å². The third kappa shape index (κ3) is 3.54. The minimum absolute atomic E-state index is 0.302. The van der Waals surface area contributed by atoms with Gasteiger partial charge in [0.15, 0.2) is 0 Å². The number of carbonyl (C=O) groups is 1. The second kappa shape index (κ2) is 6.56. The van der Waals surface area contributed by atoms with Crippen LogP contribution in [0.25, 0.3) is 0 Å². The van der Waals surface area contributed by atoms with Crippen molar-refractivity contribution in [3.8, 4) is 0 Å². The Morgan fingerprint density at radius 2 is 1.81 bits per heavy atom. The zero-order valence-electron chi connectivity index (χ0n) is 10.0. The molecule has 2 N–H and O–H groups in total. The van der Waals surface area contributed by atoms with Crippen molar-refractivity contribution in [2.75, 3.05) is 0 Å². The van der Waals surface area contributed by atoms with Gasteiger partial charge in [0.25, 0.3) is 0 Å². The predicted molar refractivity (Wildman–Crippen MR) is 63.4 cm³/mol. The second-order valence-electron chi connectivity index (χ2n) is 4.62. The Morgan fingerprint density at radius 3 is 2.31 bits per heavy atom. The van der Waals surface area contributed by atoms with Crippen molar-refractivity contribution in [2.45, 2.75) is 58.3 Å². The van der Waals surface area contributed by atoms with Crippen molar-refractivity contribution in [3.63, 3.8) is 0 Å². The topological polar surface area (TPSA) is 57.5 Å². The molecule has 0 bridgehead atoms. The maximum Gasteiger partial charge on any atom is 0.370 e. The number of aliphatic hydroxyl groups is 1. The van der Waals surface area contributed by atoms with Crippen molar-refractivity contribution >= 4 is 5.97 Å². The van der Waals surface area contributed by atoms with Crippen LogP contribution in [0.4, 0.5) is 0 Å². The van der Waals surface area contributed by atoms with Gasteiger partial charge in [-0.25, -0.2) is 4.79 Å². The summed E-state index contributed by atoms with van der Waals surface area (Å²) in [6, 6.07) is 0. The van der Waals surface area contributed by atoms with E-state index in [1.54, 1.807) is 0 Å². The summed E-state index contributed by atoms with van der Waals surface area (Å²) < 4.78 is 0. The minimum atomic E-state index is -1.17. The molecular formula is C13H22O3. The maximum absolute atomic E-state index is 10.8. The van der Waals surface area contributed by atoms with Crippen molar-refractivity contribution < 1.29 is 15.0 Å². The lowest BCUT2D eigenvalue weighted by Crippen LogP contribution is -2.15. The van der Waals surface area contributed by atoms with E-state index in [1.165, 1.54) is 6.42 Å². The molecule has 3 heteroatoms. The molecule has 1 fully saturated rings. The molecule has 3 nitrogen and oxygen atoms in total. The molecule has 1 saturated carbocycles. The number of aliphatic carboxylic acids is 1. The fraction of sp³-hybridized carbons (Fsp3) is 0.769. The van der Waals surface area contributed by atoms with Gasteiger partial charge in [0.2, 0.25) is 5.76 Å². The van der Waals surface area contributed by atoms with Gasteiger partial charge >= 0.3 is 5.97 Å². The van der Waals surface area contributed by atoms with Crippen molar-refractivity contribution in [2.24, 2.45) is 5.92 Å². The van der Waals surface area contributed by atoms with E-state index in [4.69, 9.17) is 5.11 Å². The molecule has 0 heterocycles. The molecule has 0 amide bonds. The lowest BCUT2D eigenvalue weighted by molar-refractivity contribution is -0.135. The summed E-state index contributed by atoms with van der Waals surface area (Å²) >= 11 is 0. The number of unbranched alkanes of at least 4 members (excludes halogenated alkanes) is 1. The van der Waals surface area contributed by atoms with Gasteiger partial charge < -0.3 is 10.2 Å². The van der Waals surface area contributed by atoms with E-state index in [9.17, 15) is 9.90 Å². The van der Waals surface area contributed by atoms with Gasteiger partial charge in [-0.15, -0.1) is 0 Å². The number of rotatable bonds is 5. The van der Waals surface area contributed by atoms with Crippen LogP contribution in [0.3, 0.4) is 0 Å². The third-order valence-corrected chi connectivity index (χ3v) is 3.40. The Morgan fingerprint density at radius 1 is 1.19 bits per heavy atom. The van der Waals surface area contributed by atoms with Crippen LogP contribution in [0.5, 0.6) is 0 Å². The molecule has 1 aliphatic carbocycles. The van der Waals surface area contributed by atoms with Gasteiger partial charge in [0, 0.05) is 0 Å². The molecule has 0 spiro atoms. The number of allylic oxidation sites excluding steroid dienone is 1. The Labute approximate surface area is 97.2 Å². The van der Waals surface area contributed by atoms with Crippen LogP contribution in [0, 0.1) is 5.92 Å². The van der Waals surface area contributed by atoms with Crippen LogP contribution in [0.1, 0.15) is 58.3 Å². The summed E-state index contributed by atoms with van der Waals surface area (Å²) in [6.45, 7) is 2.08. The van der Waals surface area contributed by atoms with Gasteiger partial charge in [0.05, 0.1) is 0 Å². The number of hydrogen-bond acceptors (Lipinski definition) is 2. The average molecular weight is 226 g/mol. The first-order valence-corrected chi connectivity index (χ1v) is 6.32. The summed E-state index contributed by atoms with van der Waals surface area (Å²) in [4.78, 5) is 10.8. The molecule has 0 atom stereocenters. The monoisotopic (exact) mass is 226 g/mol. The molecule has 0 aromatic rings. The third-order valence-electron chi connectivity index (χ3n) is 3.40. The normalized spacial score (nSPS) is 19.3. The lowest BCUT2D eigenvalue weighted by atomic mass is 9.81. The first-order valence-electron chi connectivity index (χ1n) is 6.32. The lowest BCUT2D eigenvalue weighted by Gasteiger charge is -2.24. The quantitative estimate of drug-likeness (QED) is 0.555. The zero-order valence-corrected chi connectivity index (χ0v) is 10.0. The van der Waals surface area contributed by atoms with E-state index >= 15 is 0 Å². The zero-order chi connectivity index (χ0) is 12.0. The molecule has 92 valence electrons. The Hall–Kier alpha value is -0.990. The average Bonchev–Trinajstić information content (AvgIpc) is 2.30. The molecular weight excluding hydrogens is 204 g/mol. The molecule has 0 aromatic heterocycles. The molecule has 1 aliphatic rings. The Bertz CT molecular complexity index is 262. The van der Waals surface area contributed by atoms with Gasteiger partial charge in [-0.3, -0.25) is 0 Å². The minimum Gasteiger partial charge on any atom is -0.502 e. The molecule has 1 rings (SSSR count). The highest BCUT2D eigenvalue weighted by atomic mass is 16.4. The van der Waals surface area contributed by atoms with E-state index in [1.807, 2.05) is 0 Å². The van der Waals surface area contributed by atoms with E-state index in [0.717, 1.165) is 50.5 Å². The highest BCUT2D eigenvalue weighted by molar-refractivity contribution is 5.84. The number of aliphatic hydroxyl groups excluding tert-OH is 1. The van der Waals surface area contributed by atoms with E-state index < -0.39 is 5.97 Å². The maximum atomic E-state index is 10.8. The molecule has 0 saturated heterocycles. The summed E-state index contributed by atoms with van der Waals surface area (Å²) in [5.74, 6) is -1.26. The van der Waals surface area contributed by atoms with Gasteiger partial charge in [-0.1, -0.05) is 32.6 Å². The van der Waals surface area contributed by atoms with Crippen molar-refractivity contribution in [1.29, 1.82) is 0 Å². The Kier molecular flexibility index (Phi) is 5.36. The standard InChI is InChI=1S/C13H22O3/c1-2-3-9-11(12(14)13(15)16)10-7-5-4-6-8-10/h10,14H,2-9H2,1H3,(H,15,16). The van der Waals surface area contributed by atoms with Crippen molar-refractivity contribution in [3.05, 3.63) is 11.3 Å². The predicted octanol–water partition coefficient (Wildman–Crippen LogP) is 3.65. The summed E-state index contributed by atoms with van der Waals surface area (Å²) in [5, 5.41) is 18.5. The van der Waals surface area contributed by atoms with Crippen LogP contribution in [0.2, 0.25) is 0 Å². The smallest absolute Gasteiger partial charge is 0.370 e. The SMILES string of the molecule is CCCCC(=C(O)C(=O)O)C1CCCCC1. The first-order chi connectivity index (χ1) is 7.66. The van der Waals surface area contributed by atoms with Gasteiger partial charge in [-0.2, -0.15) is 0 Å². The van der Waals surface area contributed by atoms with Crippen LogP contribution < -0.4 is 0 Å². The van der Waals surface area contributed by atoms with E-state index in [0.29, 0.717) is 5.92 Å². The molecule has 0 aliphatic heterocycles. The fourth-order valence-electron chi connectivity index (χ4n) is 2.47. The molecule has 16 heavy (non-hydrogen) atoms. The first kappa shape index (κ1) is 13.1. The van der Waals surface area contributed by atoms with Gasteiger partial charge in [0.1, 0.15) is 0 Å². The highest BCUT2D eigenvalue weighted by Gasteiger charge is 2.23. The number of carboxylic acid groups (broad SMARTS) is 1. The van der Waals surface area contributed by atoms with Crippen LogP contribution in [-0.4, -0.2) is 16.2 Å². The van der Waals surface area contributed by atoms with Crippen LogP contribution in [0.15, 0.2) is 11.3 Å². The van der Waals surface area contributed by atoms with Crippen LogP contribution in [-0.2, 0) is 4.79 Å².